The molecule has 1 aromatic rings. The van der Waals surface area contributed by atoms with Crippen LogP contribution in [0.15, 0.2) is 58.6 Å². The molecule has 3 saturated carbocycles. The Morgan fingerprint density at radius 1 is 1.00 bits per heavy atom. The third-order valence-corrected chi connectivity index (χ3v) is 16.2. The molecule has 0 bridgehead atoms. The fraction of sp³-hybridized carbons (Fsp3) is 0.565. The lowest BCUT2D eigenvalue weighted by Gasteiger charge is -2.60. The highest BCUT2D eigenvalue weighted by Crippen LogP contribution is 2.68. The fourth-order valence-electron chi connectivity index (χ4n) is 13.1. The van der Waals surface area contributed by atoms with Gasteiger partial charge in [0.05, 0.1) is 23.3 Å². The molecule has 8 rings (SSSR count). The van der Waals surface area contributed by atoms with Crippen molar-refractivity contribution < 1.29 is 69.2 Å². The molecular weight excluding hydrogens is 840 g/mol. The van der Waals surface area contributed by atoms with Crippen LogP contribution in [0.1, 0.15) is 82.6 Å². The van der Waals surface area contributed by atoms with E-state index in [1.807, 2.05) is 13.0 Å². The van der Waals surface area contributed by atoms with E-state index in [1.54, 1.807) is 12.2 Å². The van der Waals surface area contributed by atoms with Crippen molar-refractivity contribution >= 4 is 46.6 Å². The molecule has 1 amide bonds. The zero-order valence-electron chi connectivity index (χ0n) is 36.1. The van der Waals surface area contributed by atoms with E-state index in [9.17, 15) is 64.5 Å². The lowest BCUT2D eigenvalue weighted by atomic mass is 9.45. The lowest BCUT2D eigenvalue weighted by molar-refractivity contribution is -0.182. The van der Waals surface area contributed by atoms with E-state index in [2.05, 4.69) is 13.8 Å². The Morgan fingerprint density at radius 3 is 2.25 bits per heavy atom. The number of esters is 1. The third-order valence-electron chi connectivity index (χ3n) is 15.9. The maximum atomic E-state index is 13.4. The summed E-state index contributed by atoms with van der Waals surface area (Å²) in [6.45, 7) is 8.28. The number of carbonyl (C=O) groups excluding carboxylic acids is 6. The topological polar surface area (TPSA) is 283 Å². The van der Waals surface area contributed by atoms with Crippen LogP contribution in [0.5, 0.6) is 5.75 Å². The molecule has 0 aliphatic heterocycles. The molecule has 0 aromatic heterocycles. The number of aliphatic hydroxyl groups excluding tert-OH is 3. The SMILES string of the molecule is CC(=O)OCC(=O)[C@@]1(O)CC[C@H]2[C@@H]3C[C@H](C)C4=CC(=O)C=C[C@]4(C)[C@H]3[C@@H](O)C[C@@]21C.CN(C)[C@@H]1C(O)=C(C(N)=O)C(=O)[C@@]2(O)C(O)=C3C(=O)c4c(O)ccc(Cl)c4[C@@](C)(O)[C@H]3C[C@@H]12. The van der Waals surface area contributed by atoms with Gasteiger partial charge in [0.15, 0.2) is 23.8 Å². The van der Waals surface area contributed by atoms with Crippen LogP contribution in [0.2, 0.25) is 5.02 Å². The molecule has 13 atom stereocenters. The van der Waals surface area contributed by atoms with Gasteiger partial charge in [0, 0.05) is 51.7 Å². The van der Waals surface area contributed by atoms with E-state index < -0.39 is 116 Å². The maximum absolute atomic E-state index is 13.4. The Bertz CT molecular complexity index is 2380. The molecule has 0 heterocycles. The first-order valence-corrected chi connectivity index (χ1v) is 21.4. The number of amides is 1. The number of likely N-dealkylation sites (N-methyl/N-ethyl adjacent to an activating group) is 1. The van der Waals surface area contributed by atoms with Gasteiger partial charge in [0.25, 0.3) is 5.91 Å². The summed E-state index contributed by atoms with van der Waals surface area (Å²) in [5, 5.41) is 78.2. The summed E-state index contributed by atoms with van der Waals surface area (Å²) in [5.41, 5.74) is -2.93. The van der Waals surface area contributed by atoms with Gasteiger partial charge < -0.3 is 46.2 Å². The fourth-order valence-corrected chi connectivity index (χ4v) is 13.4. The second-order valence-electron chi connectivity index (χ2n) is 19.4. The lowest BCUT2D eigenvalue weighted by Crippen LogP contribution is -2.65. The number of hydrogen-bond donors (Lipinski definition) is 8. The zero-order chi connectivity index (χ0) is 46.8. The first-order chi connectivity index (χ1) is 29.1. The van der Waals surface area contributed by atoms with E-state index in [0.717, 1.165) is 18.1 Å². The minimum absolute atomic E-state index is 0.00293. The Balaban J connectivity index is 0.000000190. The largest absolute Gasteiger partial charge is 0.510 e. The molecule has 3 fully saturated rings. The van der Waals surface area contributed by atoms with Gasteiger partial charge in [-0.2, -0.15) is 0 Å². The number of aliphatic hydroxyl groups is 6. The molecule has 0 saturated heterocycles. The molecule has 7 aliphatic rings. The van der Waals surface area contributed by atoms with Gasteiger partial charge in [0.1, 0.15) is 28.4 Å². The number of phenolic OH excluding ortho intramolecular Hbond substituents is 1. The number of benzene rings is 1. The van der Waals surface area contributed by atoms with Gasteiger partial charge in [-0.05, 0) is 95.2 Å². The molecule has 17 heteroatoms. The highest BCUT2D eigenvalue weighted by atomic mass is 35.5. The number of aromatic hydroxyl groups is 1. The molecule has 0 unspecified atom stereocenters. The zero-order valence-corrected chi connectivity index (χ0v) is 36.9. The number of primary amides is 1. The number of halogens is 1. The van der Waals surface area contributed by atoms with E-state index in [0.29, 0.717) is 19.3 Å². The number of hydrogen-bond acceptors (Lipinski definition) is 15. The van der Waals surface area contributed by atoms with Crippen LogP contribution in [0.4, 0.5) is 0 Å². The number of ketones is 4. The monoisotopic (exact) mass is 894 g/mol. The second kappa shape index (κ2) is 15.2. The number of fused-ring (bicyclic) bond motifs is 8. The number of Topliss-reactive ketones (excluding diaryl/α,β-unsaturated/α-hetero) is 3. The molecule has 9 N–H and O–H groups in total. The highest BCUT2D eigenvalue weighted by molar-refractivity contribution is 6.33. The first kappa shape index (κ1) is 46.3. The highest BCUT2D eigenvalue weighted by Gasteiger charge is 2.69. The predicted molar refractivity (Wildman–Crippen MR) is 224 cm³/mol. The number of nitrogens with zero attached hydrogens (tertiary/aromatic N) is 1. The number of allylic oxidation sites excluding steroid dienone is 4. The van der Waals surface area contributed by atoms with Gasteiger partial charge in [0.2, 0.25) is 11.6 Å². The van der Waals surface area contributed by atoms with Crippen LogP contribution in [0.25, 0.3) is 0 Å². The van der Waals surface area contributed by atoms with E-state index in [4.69, 9.17) is 22.1 Å². The van der Waals surface area contributed by atoms with Crippen LogP contribution in [-0.4, -0.2) is 120 Å². The predicted octanol–water partition coefficient (Wildman–Crippen LogP) is 2.81. The number of phenols is 1. The standard InChI is InChI=1S/C24H32O6.C22H23ClN2O8/c1-13-9-16-17-6-8-24(29,20(28)12-30-14(2)25)23(17,4)11-19(27)21(16)22(3)7-5-15(26)10-18(13)22;1-21(32)7-6-8-15(25(2)3)17(28)13(20(24)31)19(30)22(8,33)18(29)11(7)16(27)12-10(26)5-4-9(23)14(12)21/h5,7,10,13,16-17,19,21,27,29H,6,8-9,11-12H2,1-4H3;4-5,7-8,15,26,28-29,32-33H,6H2,1-3H3,(H2,24,31)/t13-,16-,17-,19-,21+,22-,23-,24-;7-,8-,15-,21-,22-/m00/s1. The molecular formula is C46H55ClN2O14. The van der Waals surface area contributed by atoms with E-state index in [-0.39, 0.29) is 52.0 Å². The summed E-state index contributed by atoms with van der Waals surface area (Å²) in [7, 11) is 3.03. The van der Waals surface area contributed by atoms with Gasteiger partial charge in [-0.1, -0.05) is 44.0 Å². The summed E-state index contributed by atoms with van der Waals surface area (Å²) in [6, 6.07) is 1.30. The average molecular weight is 895 g/mol. The van der Waals surface area contributed by atoms with Crippen molar-refractivity contribution in [1.82, 2.24) is 4.90 Å². The van der Waals surface area contributed by atoms with Gasteiger partial charge in [-0.3, -0.25) is 33.7 Å². The normalized spacial score (nSPS) is 40.1. The summed E-state index contributed by atoms with van der Waals surface area (Å²) in [4.78, 5) is 76.1. The number of rotatable bonds is 5. The molecule has 0 radical (unpaired) electrons. The Kier molecular flexibility index (Phi) is 11.2. The van der Waals surface area contributed by atoms with Crippen molar-refractivity contribution in [3.63, 3.8) is 0 Å². The van der Waals surface area contributed by atoms with Crippen LogP contribution in [-0.2, 0) is 34.3 Å². The minimum Gasteiger partial charge on any atom is -0.510 e. The van der Waals surface area contributed by atoms with Gasteiger partial charge >= 0.3 is 5.97 Å². The molecule has 0 spiro atoms. The molecule has 1 aromatic carbocycles. The van der Waals surface area contributed by atoms with Gasteiger partial charge in [-0.25, -0.2) is 0 Å². The van der Waals surface area contributed by atoms with E-state index >= 15 is 0 Å². The summed E-state index contributed by atoms with van der Waals surface area (Å²) < 4.78 is 4.89. The van der Waals surface area contributed by atoms with Crippen molar-refractivity contribution in [3.8, 4) is 5.75 Å². The summed E-state index contributed by atoms with van der Waals surface area (Å²) in [6.07, 6.45) is 6.45. The van der Waals surface area contributed by atoms with Crippen molar-refractivity contribution in [1.29, 1.82) is 0 Å². The van der Waals surface area contributed by atoms with Crippen molar-refractivity contribution in [2.24, 2.45) is 52.1 Å². The van der Waals surface area contributed by atoms with Crippen LogP contribution in [0.3, 0.4) is 0 Å². The van der Waals surface area contributed by atoms with Gasteiger partial charge in [-0.15, -0.1) is 0 Å². The van der Waals surface area contributed by atoms with E-state index in [1.165, 1.54) is 38.9 Å². The van der Waals surface area contributed by atoms with Crippen molar-refractivity contribution in [2.75, 3.05) is 20.7 Å². The molecule has 340 valence electrons. The molecule has 7 aliphatic carbocycles. The molecule has 16 nitrogen and oxygen atoms in total. The van der Waals surface area contributed by atoms with Crippen molar-refractivity contribution in [2.45, 2.75) is 95.7 Å². The van der Waals surface area contributed by atoms with Crippen LogP contribution < -0.4 is 5.73 Å². The Labute approximate surface area is 368 Å². The Morgan fingerprint density at radius 2 is 1.65 bits per heavy atom. The second-order valence-corrected chi connectivity index (χ2v) is 19.8. The first-order valence-electron chi connectivity index (χ1n) is 21.0. The number of ether oxygens (including phenoxy) is 1. The smallest absolute Gasteiger partial charge is 0.303 e. The summed E-state index contributed by atoms with van der Waals surface area (Å²) >= 11 is 6.26. The van der Waals surface area contributed by atoms with Crippen molar-refractivity contribution in [3.05, 3.63) is 74.7 Å². The third kappa shape index (κ3) is 6.41. The quantitative estimate of drug-likeness (QED) is 0.156. The molecule has 63 heavy (non-hydrogen) atoms. The Hall–Kier alpha value is -4.71. The van der Waals surface area contributed by atoms with Crippen LogP contribution in [0, 0.1) is 46.3 Å². The van der Waals surface area contributed by atoms with Crippen LogP contribution >= 0.6 is 11.6 Å². The summed E-state index contributed by atoms with van der Waals surface area (Å²) in [5.74, 6) is -9.00. The minimum atomic E-state index is -2.78. The maximum Gasteiger partial charge on any atom is 0.303 e. The number of carbonyl (C=O) groups is 6. The number of nitrogens with two attached hydrogens (primary N) is 1. The average Bonchev–Trinajstić information content (AvgIpc) is 3.45.